The van der Waals surface area contributed by atoms with Gasteiger partial charge in [0.2, 0.25) is 0 Å². The van der Waals surface area contributed by atoms with Crippen molar-refractivity contribution in [3.63, 3.8) is 0 Å². The Bertz CT molecular complexity index is 1040. The van der Waals surface area contributed by atoms with Crippen molar-refractivity contribution in [3.8, 4) is 5.75 Å². The molecule has 0 aliphatic rings. The number of fused-ring (bicyclic) bond motifs is 1. The summed E-state index contributed by atoms with van der Waals surface area (Å²) in [5.41, 5.74) is -0.848. The molecular weight excluding hydrogens is 365 g/mol. The topological polar surface area (TPSA) is 65.7 Å². The van der Waals surface area contributed by atoms with E-state index in [0.717, 1.165) is 24.3 Å². The van der Waals surface area contributed by atoms with Gasteiger partial charge >= 0.3 is 17.8 Å². The summed E-state index contributed by atoms with van der Waals surface area (Å²) >= 11 is 0. The average molecular weight is 378 g/mol. The minimum atomic E-state index is -4.49. The third kappa shape index (κ3) is 4.11. The Kier molecular flexibility index (Phi) is 4.89. The van der Waals surface area contributed by atoms with Gasteiger partial charge in [-0.25, -0.2) is 9.59 Å². The average Bonchev–Trinajstić information content (AvgIpc) is 2.64. The fourth-order valence-corrected chi connectivity index (χ4v) is 2.48. The largest absolute Gasteiger partial charge is 0.497 e. The second-order valence-electron chi connectivity index (χ2n) is 5.60. The van der Waals surface area contributed by atoms with Gasteiger partial charge in [0.05, 0.1) is 18.2 Å². The summed E-state index contributed by atoms with van der Waals surface area (Å²) in [6.45, 7) is -0.242. The third-order valence-electron chi connectivity index (χ3n) is 3.84. The van der Waals surface area contributed by atoms with Crippen LogP contribution in [0.5, 0.6) is 5.75 Å². The van der Waals surface area contributed by atoms with Crippen molar-refractivity contribution in [2.75, 3.05) is 7.11 Å². The van der Waals surface area contributed by atoms with E-state index in [9.17, 15) is 22.8 Å². The lowest BCUT2D eigenvalue weighted by Crippen LogP contribution is -2.09. The molecule has 140 valence electrons. The van der Waals surface area contributed by atoms with Gasteiger partial charge in [-0.1, -0.05) is 0 Å². The zero-order valence-corrected chi connectivity index (χ0v) is 14.0. The van der Waals surface area contributed by atoms with E-state index >= 15 is 0 Å². The first-order valence-corrected chi connectivity index (χ1v) is 7.73. The van der Waals surface area contributed by atoms with Crippen LogP contribution in [0, 0.1) is 0 Å². The van der Waals surface area contributed by atoms with Crippen LogP contribution in [0.2, 0.25) is 0 Å². The molecule has 0 spiro atoms. The van der Waals surface area contributed by atoms with Crippen LogP contribution in [0.15, 0.2) is 57.7 Å². The second kappa shape index (κ2) is 7.14. The Labute approximate surface area is 150 Å². The Morgan fingerprint density at radius 3 is 2.41 bits per heavy atom. The Balaban J connectivity index is 1.80. The summed E-state index contributed by atoms with van der Waals surface area (Å²) in [6, 6.07) is 9.69. The van der Waals surface area contributed by atoms with Crippen molar-refractivity contribution in [2.45, 2.75) is 12.8 Å². The van der Waals surface area contributed by atoms with Crippen LogP contribution in [0.3, 0.4) is 0 Å². The third-order valence-corrected chi connectivity index (χ3v) is 3.84. The number of hydrogen-bond donors (Lipinski definition) is 0. The first kappa shape index (κ1) is 18.5. The maximum atomic E-state index is 12.6. The van der Waals surface area contributed by atoms with Crippen molar-refractivity contribution < 1.29 is 31.9 Å². The fraction of sp³-hybridized carbons (Fsp3) is 0.158. The number of carbonyl (C=O) groups excluding carboxylic acids is 1. The second-order valence-corrected chi connectivity index (χ2v) is 5.60. The number of benzene rings is 2. The molecule has 0 saturated heterocycles. The number of halogens is 3. The highest BCUT2D eigenvalue weighted by Gasteiger charge is 2.30. The molecule has 3 rings (SSSR count). The maximum Gasteiger partial charge on any atom is 0.416 e. The molecule has 0 atom stereocenters. The van der Waals surface area contributed by atoms with Gasteiger partial charge in [0.1, 0.15) is 17.9 Å². The zero-order chi connectivity index (χ0) is 19.6. The van der Waals surface area contributed by atoms with Crippen LogP contribution in [-0.4, -0.2) is 13.1 Å². The lowest BCUT2D eigenvalue weighted by Gasteiger charge is -2.09. The van der Waals surface area contributed by atoms with Crippen molar-refractivity contribution in [1.82, 2.24) is 0 Å². The number of carbonyl (C=O) groups is 1. The van der Waals surface area contributed by atoms with Crippen LogP contribution < -0.4 is 10.4 Å². The lowest BCUT2D eigenvalue weighted by atomic mass is 10.1. The minimum absolute atomic E-state index is 0.0306. The van der Waals surface area contributed by atoms with Crippen LogP contribution in [-0.2, 0) is 17.5 Å². The Morgan fingerprint density at radius 2 is 1.78 bits per heavy atom. The van der Waals surface area contributed by atoms with Gasteiger partial charge in [-0.05, 0) is 36.4 Å². The van der Waals surface area contributed by atoms with E-state index in [4.69, 9.17) is 13.9 Å². The highest BCUT2D eigenvalue weighted by Crippen LogP contribution is 2.29. The standard InChI is InChI=1S/C19H13F3O5/c1-25-14-6-7-15-12(8-17(23)27-16(15)9-14)10-26-18(24)11-2-4-13(5-3-11)19(20,21)22/h2-9H,10H2,1H3. The van der Waals surface area contributed by atoms with Crippen LogP contribution >= 0.6 is 0 Å². The van der Waals surface area contributed by atoms with Crippen molar-refractivity contribution in [2.24, 2.45) is 0 Å². The summed E-state index contributed by atoms with van der Waals surface area (Å²) in [5, 5.41) is 0.551. The van der Waals surface area contributed by atoms with Crippen LogP contribution in [0.1, 0.15) is 21.5 Å². The van der Waals surface area contributed by atoms with Gasteiger partial charge in [0.15, 0.2) is 0 Å². The molecule has 3 aromatic rings. The highest BCUT2D eigenvalue weighted by atomic mass is 19.4. The molecular formula is C19H13F3O5. The predicted molar refractivity (Wildman–Crippen MR) is 89.6 cm³/mol. The molecule has 1 aromatic heterocycles. The Hall–Kier alpha value is -3.29. The van der Waals surface area contributed by atoms with Gasteiger partial charge < -0.3 is 13.9 Å². The molecule has 0 fully saturated rings. The predicted octanol–water partition coefficient (Wildman–Crippen LogP) is 4.18. The van der Waals surface area contributed by atoms with Gasteiger partial charge in [-0.2, -0.15) is 13.2 Å². The molecule has 0 N–H and O–H groups in total. The summed E-state index contributed by atoms with van der Waals surface area (Å²) in [4.78, 5) is 23.8. The van der Waals surface area contributed by atoms with Crippen LogP contribution in [0.4, 0.5) is 13.2 Å². The van der Waals surface area contributed by atoms with Gasteiger partial charge in [-0.3, -0.25) is 0 Å². The number of methoxy groups -OCH3 is 1. The number of rotatable bonds is 4. The monoisotopic (exact) mass is 378 g/mol. The highest BCUT2D eigenvalue weighted by molar-refractivity contribution is 5.89. The maximum absolute atomic E-state index is 12.6. The van der Waals surface area contributed by atoms with Gasteiger partial charge in [0.25, 0.3) is 0 Å². The van der Waals surface area contributed by atoms with Crippen molar-refractivity contribution in [3.05, 3.63) is 75.6 Å². The van der Waals surface area contributed by atoms with Gasteiger partial charge in [0, 0.05) is 23.1 Å². The molecule has 0 unspecified atom stereocenters. The molecule has 0 saturated carbocycles. The number of alkyl halides is 3. The molecule has 0 radical (unpaired) electrons. The van der Waals surface area contributed by atoms with E-state index in [1.54, 1.807) is 12.1 Å². The SMILES string of the molecule is COc1ccc2c(COC(=O)c3ccc(C(F)(F)F)cc3)cc(=O)oc2c1. The smallest absolute Gasteiger partial charge is 0.416 e. The van der Waals surface area contributed by atoms with E-state index < -0.39 is 23.3 Å². The van der Waals surface area contributed by atoms with E-state index in [2.05, 4.69) is 0 Å². The number of ether oxygens (including phenoxy) is 2. The number of esters is 1. The summed E-state index contributed by atoms with van der Waals surface area (Å²) < 4.78 is 53.0. The zero-order valence-electron chi connectivity index (χ0n) is 14.0. The molecule has 5 nitrogen and oxygen atoms in total. The molecule has 27 heavy (non-hydrogen) atoms. The molecule has 2 aromatic carbocycles. The van der Waals surface area contributed by atoms with Crippen molar-refractivity contribution in [1.29, 1.82) is 0 Å². The fourth-order valence-electron chi connectivity index (χ4n) is 2.48. The minimum Gasteiger partial charge on any atom is -0.497 e. The lowest BCUT2D eigenvalue weighted by molar-refractivity contribution is -0.137. The normalized spacial score (nSPS) is 11.4. The molecule has 0 amide bonds. The first-order chi connectivity index (χ1) is 12.8. The summed E-state index contributed by atoms with van der Waals surface area (Å²) in [5.74, 6) is -0.317. The molecule has 0 aliphatic heterocycles. The number of hydrogen-bond acceptors (Lipinski definition) is 5. The first-order valence-electron chi connectivity index (χ1n) is 7.73. The van der Waals surface area contributed by atoms with Gasteiger partial charge in [-0.15, -0.1) is 0 Å². The van der Waals surface area contributed by atoms with E-state index in [1.807, 2.05) is 0 Å². The summed E-state index contributed by atoms with van der Waals surface area (Å²) in [6.07, 6.45) is -4.49. The van der Waals surface area contributed by atoms with Crippen LogP contribution in [0.25, 0.3) is 11.0 Å². The molecule has 1 heterocycles. The quantitative estimate of drug-likeness (QED) is 0.503. The Morgan fingerprint density at radius 1 is 1.07 bits per heavy atom. The van der Waals surface area contributed by atoms with E-state index in [-0.39, 0.29) is 17.8 Å². The molecule has 0 aliphatic carbocycles. The molecule has 8 heteroatoms. The molecule has 0 bridgehead atoms. The van der Waals surface area contributed by atoms with E-state index in [1.165, 1.54) is 19.2 Å². The summed E-state index contributed by atoms with van der Waals surface area (Å²) in [7, 11) is 1.47. The van der Waals surface area contributed by atoms with Crippen molar-refractivity contribution >= 4 is 16.9 Å². The van der Waals surface area contributed by atoms with E-state index in [0.29, 0.717) is 16.7 Å².